The van der Waals surface area contributed by atoms with Crippen molar-refractivity contribution >= 4 is 5.97 Å². The molecule has 0 amide bonds. The molecule has 0 aromatic carbocycles. The molecule has 0 radical (unpaired) electrons. The molecule has 1 aliphatic carbocycles. The summed E-state index contributed by atoms with van der Waals surface area (Å²) in [6.45, 7) is 3.46. The number of likely N-dealkylation sites (tertiary alicyclic amines) is 1. The number of ether oxygens (including phenoxy) is 1. The Morgan fingerprint density at radius 1 is 1.40 bits per heavy atom. The first-order valence-corrected chi connectivity index (χ1v) is 6.11. The number of carbonyl (C=O) groups is 1. The van der Waals surface area contributed by atoms with Crippen LogP contribution in [0, 0.1) is 11.8 Å². The Balaban J connectivity index is 2.05. The number of hydrogen-bond acceptors (Lipinski definition) is 3. The topological polar surface area (TPSA) is 29.5 Å². The lowest BCUT2D eigenvalue weighted by atomic mass is 9.78. The van der Waals surface area contributed by atoms with Crippen LogP contribution in [0.3, 0.4) is 0 Å². The van der Waals surface area contributed by atoms with Gasteiger partial charge < -0.3 is 4.74 Å². The summed E-state index contributed by atoms with van der Waals surface area (Å²) in [6, 6.07) is 0.0373. The molecule has 3 heteroatoms. The summed E-state index contributed by atoms with van der Waals surface area (Å²) in [5.74, 6) is 1.29. The molecule has 0 aromatic rings. The van der Waals surface area contributed by atoms with Crippen LogP contribution in [-0.2, 0) is 9.53 Å². The Morgan fingerprint density at radius 2 is 2.13 bits per heavy atom. The van der Waals surface area contributed by atoms with Crippen LogP contribution in [-0.4, -0.2) is 37.1 Å². The molecule has 2 fully saturated rings. The van der Waals surface area contributed by atoms with E-state index in [9.17, 15) is 4.79 Å². The van der Waals surface area contributed by atoms with Gasteiger partial charge >= 0.3 is 5.97 Å². The minimum absolute atomic E-state index is 0.00519. The van der Waals surface area contributed by atoms with E-state index in [1.807, 2.05) is 6.92 Å². The van der Waals surface area contributed by atoms with E-state index in [4.69, 9.17) is 4.74 Å². The standard InChI is InChI=1S/C12H21NO2/c1-3-15-12(14)11-10-7-5-4-6-9(10)8-13(11)2/h9-11H,3-8H2,1-2H3/t9-,10-,11+/m0/s1. The molecule has 1 heterocycles. The van der Waals surface area contributed by atoms with Crippen molar-refractivity contribution in [3.05, 3.63) is 0 Å². The van der Waals surface area contributed by atoms with Crippen molar-refractivity contribution in [1.82, 2.24) is 4.90 Å². The van der Waals surface area contributed by atoms with E-state index in [2.05, 4.69) is 11.9 Å². The second-order valence-electron chi connectivity index (χ2n) is 4.84. The Morgan fingerprint density at radius 3 is 2.87 bits per heavy atom. The molecule has 0 spiro atoms. The highest BCUT2D eigenvalue weighted by Crippen LogP contribution is 2.40. The second kappa shape index (κ2) is 4.52. The number of hydrogen-bond donors (Lipinski definition) is 0. The van der Waals surface area contributed by atoms with Gasteiger partial charge in [-0.1, -0.05) is 12.8 Å². The zero-order chi connectivity index (χ0) is 10.8. The predicted molar refractivity (Wildman–Crippen MR) is 58.5 cm³/mol. The molecular weight excluding hydrogens is 190 g/mol. The first-order valence-electron chi connectivity index (χ1n) is 6.11. The van der Waals surface area contributed by atoms with Gasteiger partial charge in [0.05, 0.1) is 6.61 Å². The zero-order valence-corrected chi connectivity index (χ0v) is 9.74. The largest absolute Gasteiger partial charge is 0.465 e. The zero-order valence-electron chi connectivity index (χ0n) is 9.74. The molecule has 15 heavy (non-hydrogen) atoms. The van der Waals surface area contributed by atoms with Crippen molar-refractivity contribution < 1.29 is 9.53 Å². The highest BCUT2D eigenvalue weighted by Gasteiger charge is 2.45. The van der Waals surface area contributed by atoms with Crippen LogP contribution in [0.5, 0.6) is 0 Å². The maximum absolute atomic E-state index is 11.8. The number of nitrogens with zero attached hydrogens (tertiary/aromatic N) is 1. The summed E-state index contributed by atoms with van der Waals surface area (Å²) in [5.41, 5.74) is 0. The van der Waals surface area contributed by atoms with E-state index in [-0.39, 0.29) is 12.0 Å². The van der Waals surface area contributed by atoms with E-state index in [0.29, 0.717) is 12.5 Å². The fourth-order valence-electron chi connectivity index (χ4n) is 3.27. The fourth-order valence-corrected chi connectivity index (χ4v) is 3.27. The lowest BCUT2D eigenvalue weighted by Gasteiger charge is -2.27. The van der Waals surface area contributed by atoms with Gasteiger partial charge in [0.2, 0.25) is 0 Å². The van der Waals surface area contributed by atoms with Crippen molar-refractivity contribution in [1.29, 1.82) is 0 Å². The highest BCUT2D eigenvalue weighted by atomic mass is 16.5. The maximum Gasteiger partial charge on any atom is 0.323 e. The van der Waals surface area contributed by atoms with Crippen LogP contribution in [0.25, 0.3) is 0 Å². The van der Waals surface area contributed by atoms with Crippen LogP contribution >= 0.6 is 0 Å². The molecule has 1 saturated carbocycles. The van der Waals surface area contributed by atoms with Crippen molar-refractivity contribution in [3.8, 4) is 0 Å². The second-order valence-corrected chi connectivity index (χ2v) is 4.84. The number of likely N-dealkylation sites (N-methyl/N-ethyl adjacent to an activating group) is 1. The summed E-state index contributed by atoms with van der Waals surface area (Å²) in [7, 11) is 2.06. The molecule has 3 nitrogen and oxygen atoms in total. The average Bonchev–Trinajstić information content (AvgIpc) is 2.54. The lowest BCUT2D eigenvalue weighted by molar-refractivity contribution is -0.149. The van der Waals surface area contributed by atoms with E-state index in [1.165, 1.54) is 25.7 Å². The van der Waals surface area contributed by atoms with Crippen molar-refractivity contribution in [2.45, 2.75) is 38.6 Å². The summed E-state index contributed by atoms with van der Waals surface area (Å²) < 4.78 is 5.16. The number of fused-ring (bicyclic) bond motifs is 1. The summed E-state index contributed by atoms with van der Waals surface area (Å²) in [5, 5.41) is 0. The van der Waals surface area contributed by atoms with Gasteiger partial charge in [-0.3, -0.25) is 9.69 Å². The summed E-state index contributed by atoms with van der Waals surface area (Å²) >= 11 is 0. The third kappa shape index (κ3) is 2.03. The molecule has 0 bridgehead atoms. The van der Waals surface area contributed by atoms with Gasteiger partial charge in [-0.05, 0) is 38.6 Å². The Bertz CT molecular complexity index is 242. The molecule has 1 aliphatic heterocycles. The van der Waals surface area contributed by atoms with Crippen molar-refractivity contribution in [2.75, 3.05) is 20.2 Å². The Labute approximate surface area is 91.8 Å². The normalized spacial score (nSPS) is 36.3. The number of rotatable bonds is 2. The first kappa shape index (κ1) is 10.9. The van der Waals surface area contributed by atoms with Crippen molar-refractivity contribution in [2.24, 2.45) is 11.8 Å². The highest BCUT2D eigenvalue weighted by molar-refractivity contribution is 5.76. The van der Waals surface area contributed by atoms with Crippen LogP contribution in [0.15, 0.2) is 0 Å². The molecule has 1 saturated heterocycles. The Kier molecular flexibility index (Phi) is 3.29. The van der Waals surface area contributed by atoms with E-state index < -0.39 is 0 Å². The number of esters is 1. The van der Waals surface area contributed by atoms with E-state index in [0.717, 1.165) is 12.5 Å². The third-order valence-electron chi connectivity index (χ3n) is 3.90. The van der Waals surface area contributed by atoms with Crippen LogP contribution in [0.4, 0.5) is 0 Å². The third-order valence-corrected chi connectivity index (χ3v) is 3.90. The van der Waals surface area contributed by atoms with E-state index >= 15 is 0 Å². The Hall–Kier alpha value is -0.570. The SMILES string of the molecule is CCOC(=O)[C@H]1[C@H]2CCCC[C@H]2CN1C. The van der Waals surface area contributed by atoms with Crippen molar-refractivity contribution in [3.63, 3.8) is 0 Å². The smallest absolute Gasteiger partial charge is 0.323 e. The molecule has 3 atom stereocenters. The first-order chi connectivity index (χ1) is 7.24. The van der Waals surface area contributed by atoms with E-state index in [1.54, 1.807) is 0 Å². The summed E-state index contributed by atoms with van der Waals surface area (Å²) in [4.78, 5) is 14.0. The molecule has 0 unspecified atom stereocenters. The van der Waals surface area contributed by atoms with Gasteiger partial charge in [-0.15, -0.1) is 0 Å². The molecular formula is C12H21NO2. The molecule has 2 rings (SSSR count). The maximum atomic E-state index is 11.8. The van der Waals surface area contributed by atoms with Gasteiger partial charge in [0, 0.05) is 6.54 Å². The van der Waals surface area contributed by atoms with Crippen LogP contribution in [0.2, 0.25) is 0 Å². The van der Waals surface area contributed by atoms with Crippen LogP contribution in [0.1, 0.15) is 32.6 Å². The van der Waals surface area contributed by atoms with Gasteiger partial charge in [-0.2, -0.15) is 0 Å². The molecule has 86 valence electrons. The van der Waals surface area contributed by atoms with Gasteiger partial charge in [0.15, 0.2) is 0 Å². The molecule has 2 aliphatic rings. The van der Waals surface area contributed by atoms with Crippen LogP contribution < -0.4 is 0 Å². The fraction of sp³-hybridized carbons (Fsp3) is 0.917. The number of carbonyl (C=O) groups excluding carboxylic acids is 1. The van der Waals surface area contributed by atoms with Gasteiger partial charge in [0.1, 0.15) is 6.04 Å². The van der Waals surface area contributed by atoms with Gasteiger partial charge in [-0.25, -0.2) is 0 Å². The predicted octanol–water partition coefficient (Wildman–Crippen LogP) is 1.67. The molecule has 0 N–H and O–H groups in total. The van der Waals surface area contributed by atoms with Gasteiger partial charge in [0.25, 0.3) is 0 Å². The minimum Gasteiger partial charge on any atom is -0.465 e. The minimum atomic E-state index is -0.00519. The quantitative estimate of drug-likeness (QED) is 0.651. The monoisotopic (exact) mass is 211 g/mol. The average molecular weight is 211 g/mol. The lowest BCUT2D eigenvalue weighted by Crippen LogP contribution is -2.39. The summed E-state index contributed by atoms with van der Waals surface area (Å²) in [6.07, 6.45) is 5.12. The molecule has 0 aromatic heterocycles.